The molecule has 0 unspecified atom stereocenters. The summed E-state index contributed by atoms with van der Waals surface area (Å²) in [5, 5.41) is 16.3. The van der Waals surface area contributed by atoms with Gasteiger partial charge < -0.3 is 4.42 Å². The van der Waals surface area contributed by atoms with Gasteiger partial charge in [0, 0.05) is 18.1 Å². The summed E-state index contributed by atoms with van der Waals surface area (Å²) in [6.07, 6.45) is 2.06. The highest BCUT2D eigenvalue weighted by Gasteiger charge is 2.13. The van der Waals surface area contributed by atoms with E-state index in [2.05, 4.69) is 20.6 Å². The number of rotatable bonds is 4. The van der Waals surface area contributed by atoms with Crippen LogP contribution in [0.5, 0.6) is 0 Å². The van der Waals surface area contributed by atoms with Crippen LogP contribution in [0.25, 0.3) is 11.6 Å². The molecule has 20 heavy (non-hydrogen) atoms. The van der Waals surface area contributed by atoms with Crippen LogP contribution >= 0.6 is 11.3 Å². The first-order valence-corrected chi connectivity index (χ1v) is 6.74. The van der Waals surface area contributed by atoms with E-state index in [-0.39, 0.29) is 17.8 Å². The van der Waals surface area contributed by atoms with Crippen LogP contribution in [0.4, 0.5) is 6.01 Å². The van der Waals surface area contributed by atoms with Crippen molar-refractivity contribution in [2.45, 2.75) is 6.42 Å². The lowest BCUT2D eigenvalue weighted by atomic mass is 10.3. The molecule has 7 nitrogen and oxygen atoms in total. The van der Waals surface area contributed by atoms with Crippen LogP contribution in [0.2, 0.25) is 0 Å². The lowest BCUT2D eigenvalue weighted by Crippen LogP contribution is -2.13. The minimum absolute atomic E-state index is 0.0761. The van der Waals surface area contributed by atoms with Crippen LogP contribution in [0.15, 0.2) is 34.2 Å². The van der Waals surface area contributed by atoms with Gasteiger partial charge in [-0.25, -0.2) is 0 Å². The highest BCUT2D eigenvalue weighted by molar-refractivity contribution is 7.10. The van der Waals surface area contributed by atoms with Crippen LogP contribution in [0.1, 0.15) is 4.88 Å². The highest BCUT2D eigenvalue weighted by atomic mass is 32.1. The van der Waals surface area contributed by atoms with Gasteiger partial charge in [0.1, 0.15) is 5.69 Å². The third-order valence-electron chi connectivity index (χ3n) is 2.52. The second-order valence-electron chi connectivity index (χ2n) is 4.09. The van der Waals surface area contributed by atoms with E-state index < -0.39 is 0 Å². The van der Waals surface area contributed by atoms with Crippen molar-refractivity contribution in [2.75, 3.05) is 5.32 Å². The van der Waals surface area contributed by atoms with Crippen LogP contribution in [0, 0.1) is 0 Å². The molecule has 3 rings (SSSR count). The number of carbonyl (C=O) groups excluding carboxylic acids is 1. The van der Waals surface area contributed by atoms with Gasteiger partial charge in [0.25, 0.3) is 5.89 Å². The van der Waals surface area contributed by atoms with Crippen molar-refractivity contribution in [2.24, 2.45) is 7.05 Å². The van der Waals surface area contributed by atoms with E-state index in [0.717, 1.165) is 4.88 Å². The first-order valence-electron chi connectivity index (χ1n) is 5.86. The minimum atomic E-state index is -0.191. The van der Waals surface area contributed by atoms with E-state index in [1.54, 1.807) is 24.0 Å². The normalized spacial score (nSPS) is 10.7. The lowest BCUT2D eigenvalue weighted by Gasteiger charge is -1.97. The van der Waals surface area contributed by atoms with Crippen LogP contribution in [-0.2, 0) is 18.3 Å². The number of nitrogens with one attached hydrogen (secondary N) is 1. The van der Waals surface area contributed by atoms with Gasteiger partial charge in [-0.2, -0.15) is 5.10 Å². The molecule has 0 atom stereocenters. The van der Waals surface area contributed by atoms with E-state index in [0.29, 0.717) is 12.1 Å². The minimum Gasteiger partial charge on any atom is -0.401 e. The Morgan fingerprint density at radius 3 is 3.05 bits per heavy atom. The van der Waals surface area contributed by atoms with Crippen molar-refractivity contribution in [1.82, 2.24) is 20.0 Å². The zero-order valence-corrected chi connectivity index (χ0v) is 11.4. The Balaban J connectivity index is 1.66. The van der Waals surface area contributed by atoms with Crippen molar-refractivity contribution in [3.63, 3.8) is 0 Å². The maximum absolute atomic E-state index is 11.8. The van der Waals surface area contributed by atoms with Crippen molar-refractivity contribution in [1.29, 1.82) is 0 Å². The molecule has 102 valence electrons. The van der Waals surface area contributed by atoms with Gasteiger partial charge in [-0.1, -0.05) is 11.2 Å². The number of aromatic nitrogens is 4. The Morgan fingerprint density at radius 2 is 2.35 bits per heavy atom. The topological polar surface area (TPSA) is 85.8 Å². The molecule has 0 spiro atoms. The predicted octanol–water partition coefficient (Wildman–Crippen LogP) is 1.71. The smallest absolute Gasteiger partial charge is 0.322 e. The number of aryl methyl sites for hydroxylation is 1. The summed E-state index contributed by atoms with van der Waals surface area (Å²) in [5.41, 5.74) is 0.568. The first-order chi connectivity index (χ1) is 9.70. The van der Waals surface area contributed by atoms with Crippen LogP contribution in [0.3, 0.4) is 0 Å². The Labute approximate surface area is 118 Å². The molecule has 0 aliphatic heterocycles. The molecule has 1 N–H and O–H groups in total. The van der Waals surface area contributed by atoms with Gasteiger partial charge in [-0.3, -0.25) is 14.8 Å². The summed E-state index contributed by atoms with van der Waals surface area (Å²) in [5.74, 6) is 0.0840. The van der Waals surface area contributed by atoms with Crippen molar-refractivity contribution in [3.8, 4) is 11.6 Å². The first kappa shape index (κ1) is 12.5. The summed E-state index contributed by atoms with van der Waals surface area (Å²) < 4.78 is 6.98. The van der Waals surface area contributed by atoms with E-state index in [1.165, 1.54) is 11.3 Å². The fourth-order valence-electron chi connectivity index (χ4n) is 1.64. The summed E-state index contributed by atoms with van der Waals surface area (Å²) in [6.45, 7) is 0. The number of nitrogens with zero attached hydrogens (tertiary/aromatic N) is 4. The van der Waals surface area contributed by atoms with Gasteiger partial charge in [0.05, 0.1) is 6.42 Å². The second kappa shape index (κ2) is 5.25. The monoisotopic (exact) mass is 289 g/mol. The Bertz CT molecular complexity index is 716. The molecule has 3 heterocycles. The molecule has 0 aromatic carbocycles. The standard InChI is InChI=1S/C12H11N5O2S/c1-17-5-4-9(16-17)11-14-15-12(19-11)13-10(18)7-8-3-2-6-20-8/h2-6H,7H2,1H3,(H,13,15,18). The molecular weight excluding hydrogens is 278 g/mol. The van der Waals surface area contributed by atoms with Gasteiger partial charge in [-0.15, -0.1) is 16.4 Å². The summed E-state index contributed by atoms with van der Waals surface area (Å²) in [7, 11) is 1.80. The molecule has 0 saturated heterocycles. The van der Waals surface area contributed by atoms with Crippen LogP contribution in [-0.4, -0.2) is 25.9 Å². The van der Waals surface area contributed by atoms with E-state index >= 15 is 0 Å². The van der Waals surface area contributed by atoms with Gasteiger partial charge in [0.15, 0.2) is 0 Å². The molecule has 3 aromatic rings. The van der Waals surface area contributed by atoms with E-state index in [1.807, 2.05) is 17.5 Å². The van der Waals surface area contributed by atoms with E-state index in [4.69, 9.17) is 4.42 Å². The quantitative estimate of drug-likeness (QED) is 0.790. The van der Waals surface area contributed by atoms with Crippen molar-refractivity contribution >= 4 is 23.3 Å². The SMILES string of the molecule is Cn1ccc(-c2nnc(NC(=O)Cc3cccs3)o2)n1. The maximum Gasteiger partial charge on any atom is 0.322 e. The third kappa shape index (κ3) is 2.75. The summed E-state index contributed by atoms with van der Waals surface area (Å²) in [6, 6.07) is 5.63. The zero-order valence-electron chi connectivity index (χ0n) is 10.6. The lowest BCUT2D eigenvalue weighted by molar-refractivity contribution is -0.115. The van der Waals surface area contributed by atoms with Gasteiger partial charge >= 0.3 is 6.01 Å². The number of amides is 1. The zero-order chi connectivity index (χ0) is 13.9. The Hall–Kier alpha value is -2.48. The number of carbonyl (C=O) groups is 1. The number of thiophene rings is 1. The van der Waals surface area contributed by atoms with Gasteiger partial charge in [0.2, 0.25) is 5.91 Å². The molecule has 0 aliphatic carbocycles. The third-order valence-corrected chi connectivity index (χ3v) is 3.40. The number of anilines is 1. The fourth-order valence-corrected chi connectivity index (χ4v) is 2.34. The second-order valence-corrected chi connectivity index (χ2v) is 5.12. The molecular formula is C12H11N5O2S. The van der Waals surface area contributed by atoms with Crippen molar-refractivity contribution < 1.29 is 9.21 Å². The largest absolute Gasteiger partial charge is 0.401 e. The maximum atomic E-state index is 11.8. The number of hydrogen-bond donors (Lipinski definition) is 1. The molecule has 3 aromatic heterocycles. The van der Waals surface area contributed by atoms with Gasteiger partial charge in [-0.05, 0) is 17.5 Å². The Kier molecular flexibility index (Phi) is 3.30. The van der Waals surface area contributed by atoms with Crippen LogP contribution < -0.4 is 5.32 Å². The summed E-state index contributed by atoms with van der Waals surface area (Å²) >= 11 is 1.53. The average Bonchev–Trinajstić information content (AvgIpc) is 3.10. The molecule has 0 aliphatic rings. The molecule has 0 bridgehead atoms. The average molecular weight is 289 g/mol. The molecule has 1 amide bonds. The van der Waals surface area contributed by atoms with E-state index in [9.17, 15) is 4.79 Å². The molecule has 0 saturated carbocycles. The number of hydrogen-bond acceptors (Lipinski definition) is 6. The predicted molar refractivity (Wildman–Crippen MR) is 73.2 cm³/mol. The Morgan fingerprint density at radius 1 is 1.45 bits per heavy atom. The highest BCUT2D eigenvalue weighted by Crippen LogP contribution is 2.17. The molecule has 8 heteroatoms. The summed E-state index contributed by atoms with van der Waals surface area (Å²) in [4.78, 5) is 12.8. The molecule has 0 fully saturated rings. The molecule has 0 radical (unpaired) electrons. The fraction of sp³-hybridized carbons (Fsp3) is 0.167. The van der Waals surface area contributed by atoms with Crippen molar-refractivity contribution in [3.05, 3.63) is 34.7 Å².